The molecule has 88 valence electrons. The fraction of sp³-hybridized carbons (Fsp3) is 0.214. The first kappa shape index (κ1) is 11.9. The van der Waals surface area contributed by atoms with Gasteiger partial charge in [-0.15, -0.1) is 11.3 Å². The topological polar surface area (TPSA) is 26.3 Å². The molecule has 0 saturated heterocycles. The minimum absolute atomic E-state index is 0.211. The number of ether oxygens (including phenoxy) is 1. The standard InChI is InChI=1S/C14H14O2S/c1-16-12-5-2-4-11(10-12)7-8-13(15)14-6-3-9-17-14/h2-6,9-10H,7-8H2,1H3. The molecule has 0 radical (unpaired) electrons. The Kier molecular flexibility index (Phi) is 3.94. The summed E-state index contributed by atoms with van der Waals surface area (Å²) in [4.78, 5) is 12.7. The third-order valence-corrected chi connectivity index (χ3v) is 3.48. The summed E-state index contributed by atoms with van der Waals surface area (Å²) in [7, 11) is 1.65. The predicted octanol–water partition coefficient (Wildman–Crippen LogP) is 3.57. The van der Waals surface area contributed by atoms with Crippen LogP contribution in [-0.2, 0) is 6.42 Å². The van der Waals surface area contributed by atoms with Gasteiger partial charge in [0.15, 0.2) is 5.78 Å². The lowest BCUT2D eigenvalue weighted by molar-refractivity contribution is 0.0986. The van der Waals surface area contributed by atoms with Gasteiger partial charge < -0.3 is 4.74 Å². The van der Waals surface area contributed by atoms with Gasteiger partial charge in [-0.25, -0.2) is 0 Å². The maximum absolute atomic E-state index is 11.8. The zero-order chi connectivity index (χ0) is 12.1. The van der Waals surface area contributed by atoms with Crippen molar-refractivity contribution in [3.05, 3.63) is 52.2 Å². The maximum atomic E-state index is 11.8. The van der Waals surface area contributed by atoms with Gasteiger partial charge >= 0.3 is 0 Å². The molecule has 17 heavy (non-hydrogen) atoms. The van der Waals surface area contributed by atoms with E-state index in [0.29, 0.717) is 6.42 Å². The van der Waals surface area contributed by atoms with Gasteiger partial charge in [-0.05, 0) is 35.6 Å². The first-order chi connectivity index (χ1) is 8.29. The van der Waals surface area contributed by atoms with Crippen molar-refractivity contribution in [2.24, 2.45) is 0 Å². The third kappa shape index (κ3) is 3.17. The first-order valence-corrected chi connectivity index (χ1v) is 6.37. The number of carbonyl (C=O) groups is 1. The van der Waals surface area contributed by atoms with Crippen molar-refractivity contribution in [2.75, 3.05) is 7.11 Å². The van der Waals surface area contributed by atoms with Crippen molar-refractivity contribution < 1.29 is 9.53 Å². The zero-order valence-corrected chi connectivity index (χ0v) is 10.5. The summed E-state index contributed by atoms with van der Waals surface area (Å²) in [6, 6.07) is 11.6. The van der Waals surface area contributed by atoms with E-state index < -0.39 is 0 Å². The molecule has 0 atom stereocenters. The monoisotopic (exact) mass is 246 g/mol. The number of hydrogen-bond donors (Lipinski definition) is 0. The number of benzene rings is 1. The lowest BCUT2D eigenvalue weighted by atomic mass is 10.1. The van der Waals surface area contributed by atoms with Gasteiger partial charge in [0.05, 0.1) is 12.0 Å². The van der Waals surface area contributed by atoms with E-state index in [1.165, 1.54) is 11.3 Å². The second-order valence-electron chi connectivity index (χ2n) is 3.75. The Morgan fingerprint density at radius 2 is 2.18 bits per heavy atom. The van der Waals surface area contributed by atoms with Crippen molar-refractivity contribution in [1.82, 2.24) is 0 Å². The normalized spacial score (nSPS) is 10.2. The second-order valence-corrected chi connectivity index (χ2v) is 4.70. The van der Waals surface area contributed by atoms with Crippen LogP contribution in [0, 0.1) is 0 Å². The number of aryl methyl sites for hydroxylation is 1. The molecule has 0 bridgehead atoms. The molecule has 0 N–H and O–H groups in total. The minimum Gasteiger partial charge on any atom is -0.497 e. The highest BCUT2D eigenvalue weighted by Gasteiger charge is 2.07. The van der Waals surface area contributed by atoms with Gasteiger partial charge in [0.25, 0.3) is 0 Å². The van der Waals surface area contributed by atoms with Crippen LogP contribution in [0.1, 0.15) is 21.7 Å². The Bertz CT molecular complexity index is 489. The summed E-state index contributed by atoms with van der Waals surface area (Å²) in [6.07, 6.45) is 1.31. The molecule has 0 aliphatic heterocycles. The molecule has 0 fully saturated rings. The van der Waals surface area contributed by atoms with Crippen LogP contribution in [-0.4, -0.2) is 12.9 Å². The summed E-state index contributed by atoms with van der Waals surface area (Å²) in [6.45, 7) is 0. The number of hydrogen-bond acceptors (Lipinski definition) is 3. The fourth-order valence-electron chi connectivity index (χ4n) is 1.65. The van der Waals surface area contributed by atoms with E-state index in [1.807, 2.05) is 41.8 Å². The van der Waals surface area contributed by atoms with E-state index in [1.54, 1.807) is 7.11 Å². The van der Waals surface area contributed by atoms with Crippen molar-refractivity contribution in [3.8, 4) is 5.75 Å². The maximum Gasteiger partial charge on any atom is 0.173 e. The van der Waals surface area contributed by atoms with E-state index in [0.717, 1.165) is 22.6 Å². The van der Waals surface area contributed by atoms with E-state index >= 15 is 0 Å². The van der Waals surface area contributed by atoms with Gasteiger partial charge in [-0.2, -0.15) is 0 Å². The Balaban J connectivity index is 1.95. The van der Waals surface area contributed by atoms with Gasteiger partial charge in [-0.1, -0.05) is 18.2 Å². The summed E-state index contributed by atoms with van der Waals surface area (Å²) >= 11 is 1.50. The van der Waals surface area contributed by atoms with Gasteiger partial charge in [0, 0.05) is 6.42 Å². The van der Waals surface area contributed by atoms with Crippen molar-refractivity contribution in [1.29, 1.82) is 0 Å². The SMILES string of the molecule is COc1cccc(CCC(=O)c2cccs2)c1. The van der Waals surface area contributed by atoms with Crippen molar-refractivity contribution >= 4 is 17.1 Å². The lowest BCUT2D eigenvalue weighted by Crippen LogP contribution is -1.98. The minimum atomic E-state index is 0.211. The van der Waals surface area contributed by atoms with Crippen LogP contribution in [0.15, 0.2) is 41.8 Å². The lowest BCUT2D eigenvalue weighted by Gasteiger charge is -2.03. The number of Topliss-reactive ketones (excluding diaryl/α,β-unsaturated/α-hetero) is 1. The molecule has 0 amide bonds. The van der Waals surface area contributed by atoms with E-state index in [-0.39, 0.29) is 5.78 Å². The van der Waals surface area contributed by atoms with Crippen LogP contribution in [0.3, 0.4) is 0 Å². The average Bonchev–Trinajstić information content (AvgIpc) is 2.90. The van der Waals surface area contributed by atoms with Gasteiger partial charge in [0.1, 0.15) is 5.75 Å². The summed E-state index contributed by atoms with van der Waals surface area (Å²) in [5.41, 5.74) is 1.13. The number of ketones is 1. The summed E-state index contributed by atoms with van der Waals surface area (Å²) < 4.78 is 5.15. The molecule has 2 rings (SSSR count). The summed E-state index contributed by atoms with van der Waals surface area (Å²) in [5, 5.41) is 1.93. The molecule has 2 nitrogen and oxygen atoms in total. The van der Waals surface area contributed by atoms with Crippen molar-refractivity contribution in [2.45, 2.75) is 12.8 Å². The highest BCUT2D eigenvalue weighted by molar-refractivity contribution is 7.12. The van der Waals surface area contributed by atoms with E-state index in [9.17, 15) is 4.79 Å². The number of carbonyl (C=O) groups excluding carboxylic acids is 1. The number of thiophene rings is 1. The molecule has 1 aromatic heterocycles. The van der Waals surface area contributed by atoms with E-state index in [4.69, 9.17) is 4.74 Å². The van der Waals surface area contributed by atoms with Crippen molar-refractivity contribution in [3.63, 3.8) is 0 Å². The van der Waals surface area contributed by atoms with E-state index in [2.05, 4.69) is 0 Å². The Morgan fingerprint density at radius 1 is 1.29 bits per heavy atom. The average molecular weight is 246 g/mol. The van der Waals surface area contributed by atoms with Crippen LogP contribution in [0.5, 0.6) is 5.75 Å². The number of rotatable bonds is 5. The van der Waals surface area contributed by atoms with Crippen LogP contribution in [0.2, 0.25) is 0 Å². The molecule has 0 unspecified atom stereocenters. The quantitative estimate of drug-likeness (QED) is 0.754. The molecular weight excluding hydrogens is 232 g/mol. The van der Waals surface area contributed by atoms with Crippen LogP contribution in [0.4, 0.5) is 0 Å². The third-order valence-electron chi connectivity index (χ3n) is 2.57. The molecular formula is C14H14O2S. The first-order valence-electron chi connectivity index (χ1n) is 5.49. The Morgan fingerprint density at radius 3 is 2.88 bits per heavy atom. The molecule has 0 aliphatic carbocycles. The Hall–Kier alpha value is -1.61. The van der Waals surface area contributed by atoms with Gasteiger partial charge in [0.2, 0.25) is 0 Å². The molecule has 2 aromatic rings. The van der Waals surface area contributed by atoms with Crippen LogP contribution in [0.25, 0.3) is 0 Å². The zero-order valence-electron chi connectivity index (χ0n) is 9.68. The summed E-state index contributed by atoms with van der Waals surface area (Å²) in [5.74, 6) is 1.05. The second kappa shape index (κ2) is 5.64. The fourth-order valence-corrected chi connectivity index (χ4v) is 2.34. The molecule has 0 aliphatic rings. The smallest absolute Gasteiger partial charge is 0.173 e. The Labute approximate surface area is 105 Å². The molecule has 1 aromatic carbocycles. The molecule has 0 spiro atoms. The largest absolute Gasteiger partial charge is 0.497 e. The predicted molar refractivity (Wildman–Crippen MR) is 70.0 cm³/mol. The number of methoxy groups -OCH3 is 1. The van der Waals surface area contributed by atoms with Crippen LogP contribution < -0.4 is 4.74 Å². The molecule has 0 saturated carbocycles. The highest BCUT2D eigenvalue weighted by Crippen LogP contribution is 2.16. The van der Waals surface area contributed by atoms with Gasteiger partial charge in [-0.3, -0.25) is 4.79 Å². The highest BCUT2D eigenvalue weighted by atomic mass is 32.1. The van der Waals surface area contributed by atoms with Crippen LogP contribution >= 0.6 is 11.3 Å². The molecule has 1 heterocycles. The molecule has 3 heteroatoms.